The van der Waals surface area contributed by atoms with Gasteiger partial charge in [0.05, 0.1) is 16.3 Å². The zero-order valence-corrected chi connectivity index (χ0v) is 12.2. The van der Waals surface area contributed by atoms with Crippen LogP contribution in [0.1, 0.15) is 26.7 Å². The largest absolute Gasteiger partial charge is 0.397 e. The molecule has 1 fully saturated rings. The van der Waals surface area contributed by atoms with Gasteiger partial charge in [-0.1, -0.05) is 6.92 Å². The topological polar surface area (TPSA) is 89.4 Å². The highest BCUT2D eigenvalue weighted by molar-refractivity contribution is 7.89. The molecule has 0 amide bonds. The molecule has 106 valence electrons. The smallest absolute Gasteiger partial charge is 0.238 e. The number of primary sulfonamides is 1. The number of nitrogens with two attached hydrogens (primary N) is 2. The third-order valence-electron chi connectivity index (χ3n) is 3.78. The fraction of sp³-hybridized carbons (Fsp3) is 0.538. The van der Waals surface area contributed by atoms with Crippen LogP contribution in [0, 0.1) is 5.92 Å². The molecule has 6 heteroatoms. The van der Waals surface area contributed by atoms with Crippen LogP contribution in [0.4, 0.5) is 11.4 Å². The number of sulfonamides is 1. The first-order valence-corrected chi connectivity index (χ1v) is 8.02. The van der Waals surface area contributed by atoms with E-state index in [1.54, 1.807) is 12.1 Å². The van der Waals surface area contributed by atoms with E-state index in [-0.39, 0.29) is 4.90 Å². The van der Waals surface area contributed by atoms with Gasteiger partial charge in [0.1, 0.15) is 0 Å². The van der Waals surface area contributed by atoms with Crippen molar-refractivity contribution in [3.63, 3.8) is 0 Å². The van der Waals surface area contributed by atoms with Gasteiger partial charge in [0.25, 0.3) is 0 Å². The van der Waals surface area contributed by atoms with Crippen molar-refractivity contribution in [2.24, 2.45) is 11.1 Å². The molecule has 19 heavy (non-hydrogen) atoms. The number of piperidine rings is 1. The number of anilines is 2. The lowest BCUT2D eigenvalue weighted by molar-refractivity contribution is 0.378. The Morgan fingerprint density at radius 3 is 2.58 bits per heavy atom. The van der Waals surface area contributed by atoms with E-state index in [4.69, 9.17) is 10.9 Å². The van der Waals surface area contributed by atoms with Gasteiger partial charge in [0.2, 0.25) is 10.0 Å². The highest BCUT2D eigenvalue weighted by atomic mass is 32.2. The summed E-state index contributed by atoms with van der Waals surface area (Å²) in [5.74, 6) is 0.689. The molecule has 0 saturated carbocycles. The lowest BCUT2D eigenvalue weighted by Gasteiger charge is -2.39. The number of hydrogen-bond acceptors (Lipinski definition) is 4. The summed E-state index contributed by atoms with van der Waals surface area (Å²) in [5, 5.41) is 5.17. The maximum atomic E-state index is 11.4. The van der Waals surface area contributed by atoms with Crippen LogP contribution in [0.3, 0.4) is 0 Å². The van der Waals surface area contributed by atoms with Crippen molar-refractivity contribution in [3.05, 3.63) is 18.2 Å². The summed E-state index contributed by atoms with van der Waals surface area (Å²) < 4.78 is 22.9. The minimum atomic E-state index is -3.69. The fourth-order valence-electron chi connectivity index (χ4n) is 2.71. The van der Waals surface area contributed by atoms with Crippen LogP contribution in [-0.4, -0.2) is 21.0 Å². The molecule has 4 N–H and O–H groups in total. The van der Waals surface area contributed by atoms with Gasteiger partial charge < -0.3 is 10.6 Å². The summed E-state index contributed by atoms with van der Waals surface area (Å²) in [4.78, 5) is 2.28. The number of benzene rings is 1. The van der Waals surface area contributed by atoms with Crippen molar-refractivity contribution >= 4 is 21.4 Å². The summed E-state index contributed by atoms with van der Waals surface area (Å²) in [6.07, 6.45) is 2.17. The van der Waals surface area contributed by atoms with Crippen LogP contribution in [0.25, 0.3) is 0 Å². The molecular weight excluding hydrogens is 262 g/mol. The molecule has 5 nitrogen and oxygen atoms in total. The Bertz CT molecular complexity index is 571. The normalized spacial score (nSPS) is 24.5. The fourth-order valence-corrected chi connectivity index (χ4v) is 3.25. The van der Waals surface area contributed by atoms with E-state index in [0.717, 1.165) is 25.1 Å². The van der Waals surface area contributed by atoms with Gasteiger partial charge in [0.15, 0.2) is 0 Å². The molecule has 1 heterocycles. The Morgan fingerprint density at radius 2 is 2.00 bits per heavy atom. The summed E-state index contributed by atoms with van der Waals surface area (Å²) in [5.41, 5.74) is 7.34. The Labute approximate surface area is 114 Å². The second-order valence-electron chi connectivity index (χ2n) is 5.44. The molecule has 2 unspecified atom stereocenters. The first kappa shape index (κ1) is 14.1. The number of hydrogen-bond donors (Lipinski definition) is 2. The SMILES string of the molecule is CC1CCN(c2cc(S(N)(=O)=O)ccc2N)C(C)C1. The molecule has 1 aromatic carbocycles. The molecule has 1 saturated heterocycles. The highest BCUT2D eigenvalue weighted by Crippen LogP contribution is 2.33. The predicted molar refractivity (Wildman–Crippen MR) is 77.4 cm³/mol. The van der Waals surface area contributed by atoms with E-state index in [2.05, 4.69) is 18.7 Å². The number of rotatable bonds is 2. The van der Waals surface area contributed by atoms with Crippen molar-refractivity contribution < 1.29 is 8.42 Å². The summed E-state index contributed by atoms with van der Waals surface area (Å²) in [7, 11) is -3.69. The third kappa shape index (κ3) is 3.01. The first-order valence-electron chi connectivity index (χ1n) is 6.48. The van der Waals surface area contributed by atoms with Gasteiger partial charge in [-0.3, -0.25) is 0 Å². The Balaban J connectivity index is 2.39. The standard InChI is InChI=1S/C13H21N3O2S/c1-9-5-6-16(10(2)7-9)13-8-11(19(15,17)18)3-4-12(13)14/h3-4,8-10H,5-7,14H2,1-2H3,(H2,15,17,18). The quantitative estimate of drug-likeness (QED) is 0.806. The molecule has 1 aromatic rings. The molecular formula is C13H21N3O2S. The molecule has 0 aromatic heterocycles. The maximum absolute atomic E-state index is 11.4. The summed E-state index contributed by atoms with van der Waals surface area (Å²) in [6.45, 7) is 5.26. The lowest BCUT2D eigenvalue weighted by Crippen LogP contribution is -2.40. The van der Waals surface area contributed by atoms with Crippen LogP contribution in [-0.2, 0) is 10.0 Å². The number of nitrogen functional groups attached to an aromatic ring is 1. The monoisotopic (exact) mass is 283 g/mol. The molecule has 2 rings (SSSR count). The van der Waals surface area contributed by atoms with E-state index in [9.17, 15) is 8.42 Å². The van der Waals surface area contributed by atoms with Gasteiger partial charge >= 0.3 is 0 Å². The molecule has 1 aliphatic heterocycles. The average molecular weight is 283 g/mol. The van der Waals surface area contributed by atoms with Gasteiger partial charge in [-0.25, -0.2) is 13.6 Å². The minimum absolute atomic E-state index is 0.113. The lowest BCUT2D eigenvalue weighted by atomic mass is 9.93. The van der Waals surface area contributed by atoms with Crippen molar-refractivity contribution in [2.45, 2.75) is 37.6 Å². The van der Waals surface area contributed by atoms with Crippen LogP contribution >= 0.6 is 0 Å². The molecule has 0 radical (unpaired) electrons. The van der Waals surface area contributed by atoms with E-state index in [0.29, 0.717) is 17.6 Å². The van der Waals surface area contributed by atoms with Crippen molar-refractivity contribution in [2.75, 3.05) is 17.2 Å². The van der Waals surface area contributed by atoms with Crippen molar-refractivity contribution in [1.29, 1.82) is 0 Å². The molecule has 2 atom stereocenters. The predicted octanol–water partition coefficient (Wildman–Crippen LogP) is 1.54. The molecule has 0 aliphatic carbocycles. The average Bonchev–Trinajstić information content (AvgIpc) is 2.29. The van der Waals surface area contributed by atoms with Gasteiger partial charge in [-0.15, -0.1) is 0 Å². The van der Waals surface area contributed by atoms with E-state index in [1.807, 2.05) is 0 Å². The first-order chi connectivity index (χ1) is 8.79. The summed E-state index contributed by atoms with van der Waals surface area (Å²) >= 11 is 0. The van der Waals surface area contributed by atoms with E-state index < -0.39 is 10.0 Å². The Hall–Kier alpha value is -1.27. The zero-order chi connectivity index (χ0) is 14.2. The molecule has 0 bridgehead atoms. The van der Waals surface area contributed by atoms with Crippen LogP contribution < -0.4 is 15.8 Å². The van der Waals surface area contributed by atoms with Crippen LogP contribution in [0.15, 0.2) is 23.1 Å². The maximum Gasteiger partial charge on any atom is 0.238 e. The molecule has 0 spiro atoms. The van der Waals surface area contributed by atoms with Crippen molar-refractivity contribution in [1.82, 2.24) is 0 Å². The Kier molecular flexibility index (Phi) is 3.73. The van der Waals surface area contributed by atoms with E-state index in [1.165, 1.54) is 6.07 Å². The van der Waals surface area contributed by atoms with Gasteiger partial charge in [0, 0.05) is 12.6 Å². The van der Waals surface area contributed by atoms with E-state index >= 15 is 0 Å². The van der Waals surface area contributed by atoms with Gasteiger partial charge in [-0.2, -0.15) is 0 Å². The highest BCUT2D eigenvalue weighted by Gasteiger charge is 2.25. The minimum Gasteiger partial charge on any atom is -0.397 e. The van der Waals surface area contributed by atoms with Crippen LogP contribution in [0.2, 0.25) is 0 Å². The summed E-state index contributed by atoms with van der Waals surface area (Å²) in [6, 6.07) is 4.99. The third-order valence-corrected chi connectivity index (χ3v) is 4.69. The van der Waals surface area contributed by atoms with Gasteiger partial charge in [-0.05, 0) is 43.9 Å². The van der Waals surface area contributed by atoms with Crippen molar-refractivity contribution in [3.8, 4) is 0 Å². The zero-order valence-electron chi connectivity index (χ0n) is 11.3. The number of nitrogens with zero attached hydrogens (tertiary/aromatic N) is 1. The second kappa shape index (κ2) is 5.02. The Morgan fingerprint density at radius 1 is 1.32 bits per heavy atom. The van der Waals surface area contributed by atoms with Crippen LogP contribution in [0.5, 0.6) is 0 Å². The second-order valence-corrected chi connectivity index (χ2v) is 7.00. The molecule has 1 aliphatic rings.